The average Bonchev–Trinajstić information content (AvgIpc) is 3.18. The molecular formula is C24H31N5. The molecule has 3 aromatic rings. The Morgan fingerprint density at radius 1 is 1.10 bits per heavy atom. The summed E-state index contributed by atoms with van der Waals surface area (Å²) in [7, 11) is 1.81. The second-order valence-corrected chi connectivity index (χ2v) is 7.40. The summed E-state index contributed by atoms with van der Waals surface area (Å²) in [4.78, 5) is 8.87. The SMILES string of the molecule is CN=C(NCCc1nccn1Cc1ccccc1)NCC(C)c1cccc(C)c1. The van der Waals surface area contributed by atoms with Gasteiger partial charge in [-0.2, -0.15) is 0 Å². The number of benzene rings is 2. The number of hydrogen-bond donors (Lipinski definition) is 2. The van der Waals surface area contributed by atoms with Gasteiger partial charge >= 0.3 is 0 Å². The molecule has 0 fully saturated rings. The van der Waals surface area contributed by atoms with Gasteiger partial charge < -0.3 is 15.2 Å². The third kappa shape index (κ3) is 6.21. The largest absolute Gasteiger partial charge is 0.356 e. The highest BCUT2D eigenvalue weighted by Crippen LogP contribution is 2.15. The van der Waals surface area contributed by atoms with Gasteiger partial charge in [-0.1, -0.05) is 67.1 Å². The number of guanidine groups is 1. The van der Waals surface area contributed by atoms with Crippen molar-refractivity contribution in [3.05, 3.63) is 89.5 Å². The zero-order valence-corrected chi connectivity index (χ0v) is 17.6. The summed E-state index contributed by atoms with van der Waals surface area (Å²) in [5, 5.41) is 6.84. The van der Waals surface area contributed by atoms with E-state index < -0.39 is 0 Å². The second kappa shape index (κ2) is 10.5. The van der Waals surface area contributed by atoms with E-state index in [0.717, 1.165) is 37.8 Å². The molecule has 0 aliphatic heterocycles. The molecule has 29 heavy (non-hydrogen) atoms. The van der Waals surface area contributed by atoms with Crippen LogP contribution < -0.4 is 10.6 Å². The third-order valence-electron chi connectivity index (χ3n) is 5.05. The van der Waals surface area contributed by atoms with E-state index in [1.54, 1.807) is 0 Å². The molecule has 0 aliphatic rings. The quantitative estimate of drug-likeness (QED) is 0.456. The predicted molar refractivity (Wildman–Crippen MR) is 120 cm³/mol. The molecule has 0 aliphatic carbocycles. The highest BCUT2D eigenvalue weighted by atomic mass is 15.2. The van der Waals surface area contributed by atoms with Gasteiger partial charge in [-0.3, -0.25) is 4.99 Å². The van der Waals surface area contributed by atoms with E-state index in [9.17, 15) is 0 Å². The maximum Gasteiger partial charge on any atom is 0.191 e. The molecule has 152 valence electrons. The first-order valence-electron chi connectivity index (χ1n) is 10.2. The Bertz CT molecular complexity index is 914. The molecular weight excluding hydrogens is 358 g/mol. The van der Waals surface area contributed by atoms with Gasteiger partial charge in [0.25, 0.3) is 0 Å². The van der Waals surface area contributed by atoms with Crippen molar-refractivity contribution in [2.45, 2.75) is 32.7 Å². The molecule has 1 heterocycles. The number of nitrogens with zero attached hydrogens (tertiary/aromatic N) is 3. The lowest BCUT2D eigenvalue weighted by atomic mass is 9.99. The molecule has 0 radical (unpaired) electrons. The molecule has 1 unspecified atom stereocenters. The number of imidazole rings is 1. The number of aliphatic imine (C=N–C) groups is 1. The van der Waals surface area contributed by atoms with Gasteiger partial charge in [-0.05, 0) is 24.0 Å². The van der Waals surface area contributed by atoms with Crippen molar-refractivity contribution < 1.29 is 0 Å². The van der Waals surface area contributed by atoms with E-state index in [-0.39, 0.29) is 0 Å². The van der Waals surface area contributed by atoms with Gasteiger partial charge in [0.05, 0.1) is 0 Å². The Labute approximate surface area is 173 Å². The fourth-order valence-corrected chi connectivity index (χ4v) is 3.35. The summed E-state index contributed by atoms with van der Waals surface area (Å²) in [5.41, 5.74) is 3.92. The molecule has 2 N–H and O–H groups in total. The fraction of sp³-hybridized carbons (Fsp3) is 0.333. The zero-order chi connectivity index (χ0) is 20.5. The minimum Gasteiger partial charge on any atom is -0.356 e. The van der Waals surface area contributed by atoms with Crippen LogP contribution in [0.1, 0.15) is 35.4 Å². The Morgan fingerprint density at radius 3 is 2.69 bits per heavy atom. The number of rotatable bonds is 8. The van der Waals surface area contributed by atoms with Crippen molar-refractivity contribution in [3.63, 3.8) is 0 Å². The molecule has 3 rings (SSSR count). The van der Waals surface area contributed by atoms with Crippen LogP contribution >= 0.6 is 0 Å². The van der Waals surface area contributed by atoms with Crippen LogP contribution in [0.2, 0.25) is 0 Å². The van der Waals surface area contributed by atoms with Crippen molar-refractivity contribution >= 4 is 5.96 Å². The highest BCUT2D eigenvalue weighted by Gasteiger charge is 2.08. The summed E-state index contributed by atoms with van der Waals surface area (Å²) in [5.74, 6) is 2.31. The van der Waals surface area contributed by atoms with E-state index >= 15 is 0 Å². The molecule has 5 heteroatoms. The molecule has 5 nitrogen and oxygen atoms in total. The highest BCUT2D eigenvalue weighted by molar-refractivity contribution is 5.79. The number of nitrogens with one attached hydrogen (secondary N) is 2. The van der Waals surface area contributed by atoms with Crippen molar-refractivity contribution in [3.8, 4) is 0 Å². The van der Waals surface area contributed by atoms with Crippen LogP contribution in [0.5, 0.6) is 0 Å². The van der Waals surface area contributed by atoms with Crippen LogP contribution in [-0.4, -0.2) is 35.6 Å². The predicted octanol–water partition coefficient (Wildman–Crippen LogP) is 3.75. The smallest absolute Gasteiger partial charge is 0.191 e. The van der Waals surface area contributed by atoms with E-state index in [2.05, 4.69) is 87.6 Å². The third-order valence-corrected chi connectivity index (χ3v) is 5.05. The summed E-state index contributed by atoms with van der Waals surface area (Å²) in [6.07, 6.45) is 4.75. The molecule has 1 atom stereocenters. The van der Waals surface area contributed by atoms with Crippen molar-refractivity contribution in [1.29, 1.82) is 0 Å². The molecule has 0 amide bonds. The summed E-state index contributed by atoms with van der Waals surface area (Å²) < 4.78 is 2.20. The Morgan fingerprint density at radius 2 is 1.93 bits per heavy atom. The molecule has 0 spiro atoms. The summed E-state index contributed by atoms with van der Waals surface area (Å²) in [6.45, 7) is 6.83. The number of aromatic nitrogens is 2. The lowest BCUT2D eigenvalue weighted by molar-refractivity contribution is 0.677. The minimum absolute atomic E-state index is 0.415. The van der Waals surface area contributed by atoms with E-state index in [4.69, 9.17) is 0 Å². The Balaban J connectivity index is 1.46. The van der Waals surface area contributed by atoms with Crippen LogP contribution in [-0.2, 0) is 13.0 Å². The van der Waals surface area contributed by atoms with Crippen LogP contribution in [0.25, 0.3) is 0 Å². The molecule has 0 bridgehead atoms. The Hall–Kier alpha value is -3.08. The van der Waals surface area contributed by atoms with Gasteiger partial charge in [0, 0.05) is 45.5 Å². The van der Waals surface area contributed by atoms with Crippen LogP contribution in [0, 0.1) is 6.92 Å². The summed E-state index contributed by atoms with van der Waals surface area (Å²) >= 11 is 0. The molecule has 0 saturated carbocycles. The lowest BCUT2D eigenvalue weighted by Crippen LogP contribution is -2.40. The van der Waals surface area contributed by atoms with Gasteiger partial charge in [0.1, 0.15) is 5.82 Å². The Kier molecular flexibility index (Phi) is 7.45. The standard InChI is InChI=1S/C24H31N5/c1-19-8-7-11-22(16-19)20(2)17-28-24(25-3)27-13-12-23-26-14-15-29(23)18-21-9-5-4-6-10-21/h4-11,14-16,20H,12-13,17-18H2,1-3H3,(H2,25,27,28). The molecule has 0 saturated heterocycles. The minimum atomic E-state index is 0.415. The van der Waals surface area contributed by atoms with Crippen molar-refractivity contribution in [1.82, 2.24) is 20.2 Å². The van der Waals surface area contributed by atoms with Crippen molar-refractivity contribution in [2.75, 3.05) is 20.1 Å². The lowest BCUT2D eigenvalue weighted by Gasteiger charge is -2.17. The van der Waals surface area contributed by atoms with Crippen LogP contribution in [0.15, 0.2) is 72.0 Å². The average molecular weight is 390 g/mol. The molecule has 2 aromatic carbocycles. The van der Waals surface area contributed by atoms with Crippen molar-refractivity contribution in [2.24, 2.45) is 4.99 Å². The molecule has 1 aromatic heterocycles. The van der Waals surface area contributed by atoms with Gasteiger partial charge in [-0.25, -0.2) is 4.98 Å². The monoisotopic (exact) mass is 389 g/mol. The normalized spacial score (nSPS) is 12.6. The first-order chi connectivity index (χ1) is 14.2. The van der Waals surface area contributed by atoms with Gasteiger partial charge in [0.2, 0.25) is 0 Å². The maximum absolute atomic E-state index is 4.52. The van der Waals surface area contributed by atoms with E-state index in [0.29, 0.717) is 5.92 Å². The number of aryl methyl sites for hydroxylation is 1. The first kappa shape index (κ1) is 20.6. The van der Waals surface area contributed by atoms with E-state index in [1.807, 2.05) is 25.5 Å². The summed E-state index contributed by atoms with van der Waals surface area (Å²) in [6, 6.07) is 19.1. The van der Waals surface area contributed by atoms with Crippen LogP contribution in [0.4, 0.5) is 0 Å². The maximum atomic E-state index is 4.52. The first-order valence-corrected chi connectivity index (χ1v) is 10.2. The fourth-order valence-electron chi connectivity index (χ4n) is 3.35. The van der Waals surface area contributed by atoms with Gasteiger partial charge in [-0.15, -0.1) is 0 Å². The topological polar surface area (TPSA) is 54.2 Å². The zero-order valence-electron chi connectivity index (χ0n) is 17.6. The van der Waals surface area contributed by atoms with Crippen LogP contribution in [0.3, 0.4) is 0 Å². The number of hydrogen-bond acceptors (Lipinski definition) is 2. The second-order valence-electron chi connectivity index (χ2n) is 7.40. The van der Waals surface area contributed by atoms with E-state index in [1.165, 1.54) is 16.7 Å². The van der Waals surface area contributed by atoms with Gasteiger partial charge in [0.15, 0.2) is 5.96 Å².